The second-order valence-corrected chi connectivity index (χ2v) is 5.90. The Bertz CT molecular complexity index is 339. The molecule has 0 radical (unpaired) electrons. The number of ether oxygens (including phenoxy) is 1. The summed E-state index contributed by atoms with van der Waals surface area (Å²) in [7, 11) is 3.52. The number of carbonyl (C=O) groups is 2. The number of hydrogen-bond donors (Lipinski definition) is 1. The number of hydrogen-bond acceptors (Lipinski definition) is 4. The van der Waals surface area contributed by atoms with Crippen LogP contribution in [0.1, 0.15) is 27.2 Å². The van der Waals surface area contributed by atoms with Gasteiger partial charge in [0.1, 0.15) is 5.60 Å². The summed E-state index contributed by atoms with van der Waals surface area (Å²) in [5.41, 5.74) is -0.483. The van der Waals surface area contributed by atoms with Gasteiger partial charge < -0.3 is 19.9 Å². The normalized spacial score (nSPS) is 19.4. The summed E-state index contributed by atoms with van der Waals surface area (Å²) in [5.74, 6) is 0.0403. The van der Waals surface area contributed by atoms with E-state index in [0.717, 1.165) is 6.42 Å². The van der Waals surface area contributed by atoms with E-state index in [2.05, 4.69) is 5.32 Å². The molecular formula is C13H25N3O3. The average molecular weight is 271 g/mol. The van der Waals surface area contributed by atoms with Gasteiger partial charge in [-0.1, -0.05) is 0 Å². The van der Waals surface area contributed by atoms with E-state index in [1.165, 1.54) is 0 Å². The van der Waals surface area contributed by atoms with Gasteiger partial charge in [-0.25, -0.2) is 4.79 Å². The fraction of sp³-hybridized carbons (Fsp3) is 0.846. The first-order valence-corrected chi connectivity index (χ1v) is 6.63. The van der Waals surface area contributed by atoms with Crippen LogP contribution in [0.15, 0.2) is 0 Å². The lowest BCUT2D eigenvalue weighted by Crippen LogP contribution is -2.43. The van der Waals surface area contributed by atoms with Crippen molar-refractivity contribution in [1.29, 1.82) is 0 Å². The lowest BCUT2D eigenvalue weighted by atomic mass is 10.2. The van der Waals surface area contributed by atoms with Crippen LogP contribution >= 0.6 is 0 Å². The molecule has 0 aromatic rings. The zero-order chi connectivity index (χ0) is 14.6. The van der Waals surface area contributed by atoms with E-state index < -0.39 is 5.60 Å². The van der Waals surface area contributed by atoms with Gasteiger partial charge in [-0.3, -0.25) is 4.79 Å². The number of rotatable bonds is 3. The lowest BCUT2D eigenvalue weighted by molar-refractivity contribution is -0.130. The quantitative estimate of drug-likeness (QED) is 0.819. The molecule has 1 N–H and O–H groups in total. The van der Waals surface area contributed by atoms with Gasteiger partial charge in [0, 0.05) is 20.1 Å². The minimum Gasteiger partial charge on any atom is -0.444 e. The highest BCUT2D eigenvalue weighted by molar-refractivity contribution is 5.78. The van der Waals surface area contributed by atoms with Gasteiger partial charge in [-0.05, 0) is 34.2 Å². The zero-order valence-corrected chi connectivity index (χ0v) is 12.5. The van der Waals surface area contributed by atoms with Gasteiger partial charge in [0.2, 0.25) is 5.91 Å². The van der Waals surface area contributed by atoms with Crippen LogP contribution in [0.5, 0.6) is 0 Å². The largest absolute Gasteiger partial charge is 0.444 e. The molecule has 0 bridgehead atoms. The number of likely N-dealkylation sites (N-methyl/N-ethyl adjacent to an activating group) is 2. The van der Waals surface area contributed by atoms with E-state index in [1.54, 1.807) is 23.9 Å². The third-order valence-electron chi connectivity index (χ3n) is 3.08. The summed E-state index contributed by atoms with van der Waals surface area (Å²) < 4.78 is 5.33. The molecule has 1 saturated heterocycles. The lowest BCUT2D eigenvalue weighted by Gasteiger charge is -2.26. The highest BCUT2D eigenvalue weighted by atomic mass is 16.6. The molecule has 1 rings (SSSR count). The summed E-state index contributed by atoms with van der Waals surface area (Å²) >= 11 is 0. The molecule has 1 atom stereocenters. The molecule has 0 aromatic heterocycles. The summed E-state index contributed by atoms with van der Waals surface area (Å²) in [4.78, 5) is 27.1. The van der Waals surface area contributed by atoms with Crippen LogP contribution in [0.2, 0.25) is 0 Å². The molecule has 0 aromatic carbocycles. The monoisotopic (exact) mass is 271 g/mol. The first-order chi connectivity index (χ1) is 8.74. The number of nitrogens with one attached hydrogen (secondary N) is 1. The molecule has 1 aliphatic rings. The number of likely N-dealkylation sites (tertiary alicyclic amines) is 1. The highest BCUT2D eigenvalue weighted by Crippen LogP contribution is 2.18. The van der Waals surface area contributed by atoms with Crippen LogP contribution in [0.3, 0.4) is 0 Å². The van der Waals surface area contributed by atoms with Crippen LogP contribution in [0, 0.1) is 0 Å². The molecule has 1 heterocycles. The van der Waals surface area contributed by atoms with Crippen molar-refractivity contribution < 1.29 is 14.3 Å². The second kappa shape index (κ2) is 6.23. The van der Waals surface area contributed by atoms with Crippen LogP contribution in [0.4, 0.5) is 4.79 Å². The SMILES string of the molecule is CNCC(=O)N(C)C1CCN(C(=O)OC(C)(C)C)C1. The standard InChI is InChI=1S/C13H25N3O3/c1-13(2,3)19-12(18)16-7-6-10(9-16)15(5)11(17)8-14-4/h10,14H,6-9H2,1-5H3. The Morgan fingerprint density at radius 1 is 1.42 bits per heavy atom. The molecular weight excluding hydrogens is 246 g/mol. The Morgan fingerprint density at radius 2 is 2.05 bits per heavy atom. The summed E-state index contributed by atoms with van der Waals surface area (Å²) in [6.07, 6.45) is 0.495. The smallest absolute Gasteiger partial charge is 0.410 e. The predicted octanol–water partition coefficient (Wildman–Crippen LogP) is 0.674. The Kier molecular flexibility index (Phi) is 5.17. The molecule has 6 heteroatoms. The van der Waals surface area contributed by atoms with E-state index in [-0.39, 0.29) is 18.0 Å². The van der Waals surface area contributed by atoms with Crippen molar-refractivity contribution in [3.63, 3.8) is 0 Å². The van der Waals surface area contributed by atoms with Crippen molar-refractivity contribution in [3.8, 4) is 0 Å². The molecule has 2 amide bonds. The molecule has 0 saturated carbocycles. The van der Waals surface area contributed by atoms with Gasteiger partial charge >= 0.3 is 6.09 Å². The Labute approximate surface area is 115 Å². The van der Waals surface area contributed by atoms with E-state index >= 15 is 0 Å². The predicted molar refractivity (Wildman–Crippen MR) is 72.9 cm³/mol. The molecule has 0 aliphatic carbocycles. The maximum Gasteiger partial charge on any atom is 0.410 e. The Hall–Kier alpha value is -1.30. The van der Waals surface area contributed by atoms with E-state index in [1.807, 2.05) is 20.8 Å². The van der Waals surface area contributed by atoms with Crippen molar-refractivity contribution in [2.24, 2.45) is 0 Å². The molecule has 0 spiro atoms. The van der Waals surface area contributed by atoms with Gasteiger partial charge in [-0.15, -0.1) is 0 Å². The number of nitrogens with zero attached hydrogens (tertiary/aromatic N) is 2. The van der Waals surface area contributed by atoms with E-state index in [4.69, 9.17) is 4.74 Å². The van der Waals surface area contributed by atoms with Crippen molar-refractivity contribution in [2.75, 3.05) is 33.7 Å². The minimum atomic E-state index is -0.483. The van der Waals surface area contributed by atoms with Gasteiger partial charge in [0.25, 0.3) is 0 Å². The molecule has 1 unspecified atom stereocenters. The maximum absolute atomic E-state index is 11.9. The van der Waals surface area contributed by atoms with Gasteiger partial charge in [-0.2, -0.15) is 0 Å². The Morgan fingerprint density at radius 3 is 2.58 bits per heavy atom. The maximum atomic E-state index is 11.9. The van der Waals surface area contributed by atoms with Gasteiger partial charge in [0.05, 0.1) is 12.6 Å². The zero-order valence-electron chi connectivity index (χ0n) is 12.5. The third-order valence-corrected chi connectivity index (χ3v) is 3.08. The van der Waals surface area contributed by atoms with Crippen LogP contribution < -0.4 is 5.32 Å². The minimum absolute atomic E-state index is 0.0403. The molecule has 6 nitrogen and oxygen atoms in total. The van der Waals surface area contributed by atoms with Crippen LogP contribution in [-0.4, -0.2) is 67.2 Å². The van der Waals surface area contributed by atoms with Crippen molar-refractivity contribution >= 4 is 12.0 Å². The molecule has 19 heavy (non-hydrogen) atoms. The number of amides is 2. The van der Waals surface area contributed by atoms with E-state index in [0.29, 0.717) is 19.6 Å². The first-order valence-electron chi connectivity index (χ1n) is 6.63. The fourth-order valence-corrected chi connectivity index (χ4v) is 2.03. The summed E-state index contributed by atoms with van der Waals surface area (Å²) in [5, 5.41) is 2.84. The number of carbonyl (C=O) groups excluding carboxylic acids is 2. The first kappa shape index (κ1) is 15.8. The van der Waals surface area contributed by atoms with Crippen molar-refractivity contribution in [2.45, 2.75) is 38.8 Å². The molecule has 1 aliphatic heterocycles. The second-order valence-electron chi connectivity index (χ2n) is 5.90. The Balaban J connectivity index is 2.49. The third kappa shape index (κ3) is 4.70. The van der Waals surface area contributed by atoms with Crippen molar-refractivity contribution in [1.82, 2.24) is 15.1 Å². The van der Waals surface area contributed by atoms with E-state index in [9.17, 15) is 9.59 Å². The van der Waals surface area contributed by atoms with Crippen molar-refractivity contribution in [3.05, 3.63) is 0 Å². The van der Waals surface area contributed by atoms with Crippen LogP contribution in [-0.2, 0) is 9.53 Å². The fourth-order valence-electron chi connectivity index (χ4n) is 2.03. The topological polar surface area (TPSA) is 61.9 Å². The van der Waals surface area contributed by atoms with Gasteiger partial charge in [0.15, 0.2) is 0 Å². The summed E-state index contributed by atoms with van der Waals surface area (Å²) in [6, 6.07) is 0.0772. The molecule has 1 fully saturated rings. The molecule has 110 valence electrons. The van der Waals surface area contributed by atoms with Crippen LogP contribution in [0.25, 0.3) is 0 Å². The average Bonchev–Trinajstić information content (AvgIpc) is 2.75. The highest BCUT2D eigenvalue weighted by Gasteiger charge is 2.32. The summed E-state index contributed by atoms with van der Waals surface area (Å²) in [6.45, 7) is 7.04.